The molecule has 0 saturated heterocycles. The van der Waals surface area contributed by atoms with Crippen molar-refractivity contribution in [2.75, 3.05) is 24.7 Å². The Hall–Kier alpha value is -4.18. The van der Waals surface area contributed by atoms with Gasteiger partial charge in [-0.05, 0) is 97.9 Å². The smallest absolute Gasteiger partial charge is 0.123 e. The van der Waals surface area contributed by atoms with Crippen molar-refractivity contribution in [3.63, 3.8) is 0 Å². The number of thiol groups is 2. The number of rotatable bonds is 17. The van der Waals surface area contributed by atoms with Crippen LogP contribution in [0.4, 0.5) is 0 Å². The predicted octanol–water partition coefficient (Wildman–Crippen LogP) is 10.2. The first-order valence-electron chi connectivity index (χ1n) is 17.8. The molecule has 6 aromatic heterocycles. The predicted molar refractivity (Wildman–Crippen MR) is 218 cm³/mol. The summed E-state index contributed by atoms with van der Waals surface area (Å²) in [6.45, 7) is 1.44. The average molecular weight is 834 g/mol. The third-order valence-corrected chi connectivity index (χ3v) is 8.18. The van der Waals surface area contributed by atoms with E-state index in [1.54, 1.807) is 37.2 Å². The summed E-state index contributed by atoms with van der Waals surface area (Å²) in [6.07, 6.45) is 19.8. The fourth-order valence-corrected chi connectivity index (χ4v) is 5.30. The van der Waals surface area contributed by atoms with Crippen LogP contribution in [0.1, 0.15) is 51.4 Å². The Bertz CT molecular complexity index is 1570. The fourth-order valence-electron chi connectivity index (χ4n) is 4.85. The summed E-state index contributed by atoms with van der Waals surface area (Å²) in [6, 6.07) is 30.9. The van der Waals surface area contributed by atoms with Crippen molar-refractivity contribution in [3.05, 3.63) is 134 Å². The first kappa shape index (κ1) is 43.2. The summed E-state index contributed by atoms with van der Waals surface area (Å²) in [5.41, 5.74) is 5.26. The molecule has 53 heavy (non-hydrogen) atoms. The van der Waals surface area contributed by atoms with E-state index in [1.165, 1.54) is 38.5 Å². The quantitative estimate of drug-likeness (QED) is 0.0533. The summed E-state index contributed by atoms with van der Waals surface area (Å²) >= 11 is 8.47. The molecule has 0 aliphatic rings. The topological polar surface area (TPSA) is 95.8 Å². The summed E-state index contributed by atoms with van der Waals surface area (Å²) in [5.74, 6) is 3.58. The zero-order chi connectivity index (χ0) is 36.3. The van der Waals surface area contributed by atoms with Crippen molar-refractivity contribution in [1.82, 2.24) is 29.9 Å². The molecule has 0 N–H and O–H groups in total. The molecule has 6 rings (SSSR count). The van der Waals surface area contributed by atoms with Gasteiger partial charge in [-0.25, -0.2) is 0 Å². The van der Waals surface area contributed by atoms with Gasteiger partial charge in [-0.1, -0.05) is 49.9 Å². The second-order valence-corrected chi connectivity index (χ2v) is 12.5. The molecule has 11 heteroatoms. The number of aromatic nitrogens is 6. The molecular weight excluding hydrogens is 786 g/mol. The van der Waals surface area contributed by atoms with Crippen LogP contribution in [0.3, 0.4) is 0 Å². The Morgan fingerprint density at radius 3 is 0.981 bits per heavy atom. The van der Waals surface area contributed by atoms with E-state index in [-0.39, 0.29) is 19.5 Å². The zero-order valence-electron chi connectivity index (χ0n) is 29.9. The standard InChI is InChI=1S/C22H32N2O2S2.2C10H8N2.Ru/c27-15-7-3-1-5-13-25-19-9-11-23-21(17-19)22-18-20(10-12-24-22)26-14-6-2-4-8-16-28;2*1-3-7-11-9(5-1)10-6-2-4-8-12-10;/h9-12,17-18,27-28H,1-8,13-16H2;2*1-8H;. The average Bonchev–Trinajstić information content (AvgIpc) is 3.22. The third kappa shape index (κ3) is 17.5. The summed E-state index contributed by atoms with van der Waals surface area (Å²) in [4.78, 5) is 25.6. The molecule has 0 atom stereocenters. The van der Waals surface area contributed by atoms with Gasteiger partial charge in [0.1, 0.15) is 11.5 Å². The van der Waals surface area contributed by atoms with Crippen LogP contribution in [0.2, 0.25) is 0 Å². The van der Waals surface area contributed by atoms with Gasteiger partial charge < -0.3 is 9.47 Å². The molecule has 0 saturated carbocycles. The number of unbranched alkanes of at least 4 members (excludes halogenated alkanes) is 6. The molecule has 0 aliphatic heterocycles. The van der Waals surface area contributed by atoms with E-state index in [4.69, 9.17) is 9.47 Å². The van der Waals surface area contributed by atoms with Crippen LogP contribution in [-0.2, 0) is 19.5 Å². The molecule has 6 aromatic rings. The van der Waals surface area contributed by atoms with Gasteiger partial charge >= 0.3 is 0 Å². The molecule has 6 heterocycles. The van der Waals surface area contributed by atoms with Gasteiger partial charge in [-0.15, -0.1) is 0 Å². The van der Waals surface area contributed by atoms with Gasteiger partial charge in [0.15, 0.2) is 0 Å². The number of nitrogens with zero attached hydrogens (tertiary/aromatic N) is 6. The summed E-state index contributed by atoms with van der Waals surface area (Å²) < 4.78 is 11.7. The van der Waals surface area contributed by atoms with Gasteiger partial charge in [0, 0.05) is 68.8 Å². The summed E-state index contributed by atoms with van der Waals surface area (Å²) in [5, 5.41) is 0. The van der Waals surface area contributed by atoms with Crippen LogP contribution in [0, 0.1) is 0 Å². The van der Waals surface area contributed by atoms with Crippen LogP contribution in [0.15, 0.2) is 134 Å². The molecule has 8 nitrogen and oxygen atoms in total. The third-order valence-electron chi connectivity index (χ3n) is 7.55. The largest absolute Gasteiger partial charge is 0.493 e. The van der Waals surface area contributed by atoms with Crippen molar-refractivity contribution in [2.45, 2.75) is 51.4 Å². The SMILES string of the molecule is SCCCCCCOc1ccnc(-c2cc(OCCCCCCS)ccn2)c1.[Ru].c1ccc(-c2ccccn2)nc1.c1ccc(-c2ccccn2)nc1. The molecule has 0 radical (unpaired) electrons. The molecule has 0 aliphatic carbocycles. The Morgan fingerprint density at radius 2 is 0.679 bits per heavy atom. The number of ether oxygens (including phenoxy) is 2. The summed E-state index contributed by atoms with van der Waals surface area (Å²) in [7, 11) is 0. The van der Waals surface area contributed by atoms with Gasteiger partial charge in [0.05, 0.1) is 47.4 Å². The molecule has 0 unspecified atom stereocenters. The van der Waals surface area contributed by atoms with Crippen LogP contribution in [0.25, 0.3) is 34.2 Å². The van der Waals surface area contributed by atoms with Gasteiger partial charge in [0.2, 0.25) is 0 Å². The van der Waals surface area contributed by atoms with Crippen molar-refractivity contribution >= 4 is 25.3 Å². The van der Waals surface area contributed by atoms with Crippen LogP contribution in [-0.4, -0.2) is 54.6 Å². The first-order valence-corrected chi connectivity index (χ1v) is 19.1. The van der Waals surface area contributed by atoms with E-state index in [2.05, 4.69) is 55.2 Å². The zero-order valence-corrected chi connectivity index (χ0v) is 33.5. The first-order chi connectivity index (χ1) is 25.8. The number of hydrogen-bond acceptors (Lipinski definition) is 10. The number of pyridine rings is 6. The van der Waals surface area contributed by atoms with Gasteiger partial charge in [0.25, 0.3) is 0 Å². The Kier molecular flexibility index (Phi) is 22.4. The van der Waals surface area contributed by atoms with Crippen LogP contribution >= 0.6 is 25.3 Å². The minimum Gasteiger partial charge on any atom is -0.493 e. The van der Waals surface area contributed by atoms with E-state index in [1.807, 2.05) is 97.1 Å². The van der Waals surface area contributed by atoms with Crippen molar-refractivity contribution in [2.24, 2.45) is 0 Å². The Balaban J connectivity index is 0.000000247. The molecule has 0 amide bonds. The van der Waals surface area contributed by atoms with E-state index in [0.29, 0.717) is 0 Å². The van der Waals surface area contributed by atoms with E-state index in [0.717, 1.165) is 83.2 Å². The normalized spacial score (nSPS) is 10.1. The minimum atomic E-state index is 0. The Morgan fingerprint density at radius 1 is 0.358 bits per heavy atom. The van der Waals surface area contributed by atoms with E-state index in [9.17, 15) is 0 Å². The van der Waals surface area contributed by atoms with E-state index >= 15 is 0 Å². The maximum absolute atomic E-state index is 5.87. The van der Waals surface area contributed by atoms with Crippen LogP contribution < -0.4 is 9.47 Å². The second-order valence-electron chi connectivity index (χ2n) is 11.6. The van der Waals surface area contributed by atoms with Gasteiger partial charge in [-0.2, -0.15) is 25.3 Å². The minimum absolute atomic E-state index is 0. The maximum atomic E-state index is 5.87. The van der Waals surface area contributed by atoms with Crippen molar-refractivity contribution < 1.29 is 29.0 Å². The second kappa shape index (κ2) is 27.4. The van der Waals surface area contributed by atoms with Gasteiger partial charge in [-0.3, -0.25) is 29.9 Å². The van der Waals surface area contributed by atoms with Crippen molar-refractivity contribution in [1.29, 1.82) is 0 Å². The molecular formula is C42H48N6O2RuS2. The van der Waals surface area contributed by atoms with Crippen molar-refractivity contribution in [3.8, 4) is 45.7 Å². The monoisotopic (exact) mass is 834 g/mol. The number of hydrogen-bond donors (Lipinski definition) is 2. The fraction of sp³-hybridized carbons (Fsp3) is 0.286. The molecule has 0 spiro atoms. The maximum Gasteiger partial charge on any atom is 0.123 e. The van der Waals surface area contributed by atoms with Crippen LogP contribution in [0.5, 0.6) is 11.5 Å². The Labute approximate surface area is 338 Å². The molecule has 278 valence electrons. The molecule has 0 fully saturated rings. The molecule has 0 aromatic carbocycles. The van der Waals surface area contributed by atoms with E-state index < -0.39 is 0 Å². The molecule has 0 bridgehead atoms.